The van der Waals surface area contributed by atoms with E-state index in [-0.39, 0.29) is 23.9 Å². The van der Waals surface area contributed by atoms with Gasteiger partial charge in [-0.2, -0.15) is 0 Å². The molecule has 5 unspecified atom stereocenters. The molecule has 4 rings (SSSR count). The van der Waals surface area contributed by atoms with Gasteiger partial charge in [-0.15, -0.1) is 0 Å². The van der Waals surface area contributed by atoms with Crippen LogP contribution in [0.5, 0.6) is 0 Å². The number of nitrogens with one attached hydrogen (secondary N) is 1. The van der Waals surface area contributed by atoms with Crippen molar-refractivity contribution in [3.05, 3.63) is 35.4 Å². The van der Waals surface area contributed by atoms with Crippen LogP contribution >= 0.6 is 0 Å². The highest BCUT2D eigenvalue weighted by Crippen LogP contribution is 2.49. The molecule has 0 radical (unpaired) electrons. The van der Waals surface area contributed by atoms with Crippen LogP contribution in [0.15, 0.2) is 24.3 Å². The van der Waals surface area contributed by atoms with Crippen molar-refractivity contribution < 1.29 is 9.59 Å². The number of carbonyl (C=O) groups excluding carboxylic acids is 2. The topological polar surface area (TPSA) is 49.4 Å². The summed E-state index contributed by atoms with van der Waals surface area (Å²) in [6.45, 7) is 4.48. The second kappa shape index (κ2) is 7.05. The minimum absolute atomic E-state index is 0.0541. The van der Waals surface area contributed by atoms with Crippen LogP contribution in [0.2, 0.25) is 0 Å². The molecule has 2 amide bonds. The fourth-order valence-corrected chi connectivity index (χ4v) is 5.75. The van der Waals surface area contributed by atoms with Crippen LogP contribution in [-0.2, 0) is 16.0 Å². The van der Waals surface area contributed by atoms with Crippen LogP contribution in [0, 0.1) is 17.8 Å². The Balaban J connectivity index is 1.44. The van der Waals surface area contributed by atoms with E-state index in [0.717, 1.165) is 23.8 Å². The maximum atomic E-state index is 12.8. The van der Waals surface area contributed by atoms with Gasteiger partial charge in [-0.1, -0.05) is 30.7 Å². The van der Waals surface area contributed by atoms with E-state index >= 15 is 0 Å². The van der Waals surface area contributed by atoms with Gasteiger partial charge in [0.2, 0.25) is 11.8 Å². The van der Waals surface area contributed by atoms with Crippen molar-refractivity contribution >= 4 is 11.8 Å². The predicted octanol–water partition coefficient (Wildman–Crippen LogP) is 3.46. The van der Waals surface area contributed by atoms with Gasteiger partial charge in [0.15, 0.2) is 0 Å². The number of amides is 2. The Kier molecular flexibility index (Phi) is 4.76. The highest BCUT2D eigenvalue weighted by molar-refractivity contribution is 5.80. The van der Waals surface area contributed by atoms with Gasteiger partial charge in [0.05, 0.1) is 12.5 Å². The van der Waals surface area contributed by atoms with Gasteiger partial charge in [0, 0.05) is 19.5 Å². The first-order valence-corrected chi connectivity index (χ1v) is 10.2. The summed E-state index contributed by atoms with van der Waals surface area (Å²) in [5.41, 5.74) is 2.40. The normalized spacial score (nSPS) is 30.8. The zero-order valence-electron chi connectivity index (χ0n) is 15.9. The summed E-state index contributed by atoms with van der Waals surface area (Å²) < 4.78 is 0. The van der Waals surface area contributed by atoms with E-state index in [2.05, 4.69) is 24.4 Å². The lowest BCUT2D eigenvalue weighted by molar-refractivity contribution is -0.133. The first-order chi connectivity index (χ1) is 12.5. The Morgan fingerprint density at radius 1 is 1.23 bits per heavy atom. The molecule has 1 heterocycles. The SMILES string of the molecule is CC(=O)N1CCc2ccccc2C1CC(=O)NC(C)C1CC2CCC1C2. The Morgan fingerprint density at radius 3 is 2.73 bits per heavy atom. The van der Waals surface area contributed by atoms with Crippen LogP contribution in [0.1, 0.15) is 63.1 Å². The molecule has 2 saturated carbocycles. The summed E-state index contributed by atoms with van der Waals surface area (Å²) in [5.74, 6) is 2.47. The van der Waals surface area contributed by atoms with E-state index in [0.29, 0.717) is 18.9 Å². The number of rotatable bonds is 4. The molecule has 1 aliphatic heterocycles. The molecule has 3 aliphatic rings. The number of hydrogen-bond acceptors (Lipinski definition) is 2. The smallest absolute Gasteiger partial charge is 0.222 e. The summed E-state index contributed by atoms with van der Waals surface area (Å²) >= 11 is 0. The molecule has 5 atom stereocenters. The molecule has 0 aromatic heterocycles. The van der Waals surface area contributed by atoms with Gasteiger partial charge >= 0.3 is 0 Å². The van der Waals surface area contributed by atoms with Gasteiger partial charge in [0.25, 0.3) is 0 Å². The molecule has 1 N–H and O–H groups in total. The Morgan fingerprint density at radius 2 is 2.04 bits per heavy atom. The first-order valence-electron chi connectivity index (χ1n) is 10.2. The molecular formula is C22H30N2O2. The molecule has 1 aromatic carbocycles. The number of nitrogens with zero attached hydrogens (tertiary/aromatic N) is 1. The molecule has 140 valence electrons. The second-order valence-electron chi connectivity index (χ2n) is 8.58. The lowest BCUT2D eigenvalue weighted by atomic mass is 9.84. The molecule has 4 nitrogen and oxygen atoms in total. The number of carbonyl (C=O) groups is 2. The first kappa shape index (κ1) is 17.6. The van der Waals surface area contributed by atoms with Gasteiger partial charge in [-0.3, -0.25) is 9.59 Å². The van der Waals surface area contributed by atoms with E-state index < -0.39 is 0 Å². The average Bonchev–Trinajstić information content (AvgIpc) is 3.25. The summed E-state index contributed by atoms with van der Waals surface area (Å²) in [4.78, 5) is 26.8. The molecule has 2 bridgehead atoms. The fourth-order valence-electron chi connectivity index (χ4n) is 5.75. The van der Waals surface area contributed by atoms with E-state index in [1.807, 2.05) is 17.0 Å². The van der Waals surface area contributed by atoms with Crippen molar-refractivity contribution in [3.8, 4) is 0 Å². The van der Waals surface area contributed by atoms with Crippen LogP contribution in [0.25, 0.3) is 0 Å². The van der Waals surface area contributed by atoms with Gasteiger partial charge in [-0.05, 0) is 61.5 Å². The molecule has 0 spiro atoms. The number of benzene rings is 1. The van der Waals surface area contributed by atoms with Gasteiger partial charge in [0.1, 0.15) is 0 Å². The lowest BCUT2D eigenvalue weighted by Gasteiger charge is -2.37. The lowest BCUT2D eigenvalue weighted by Crippen LogP contribution is -2.44. The van der Waals surface area contributed by atoms with Crippen molar-refractivity contribution in [3.63, 3.8) is 0 Å². The second-order valence-corrected chi connectivity index (χ2v) is 8.58. The average molecular weight is 354 g/mol. The highest BCUT2D eigenvalue weighted by Gasteiger charge is 2.42. The van der Waals surface area contributed by atoms with Gasteiger partial charge < -0.3 is 10.2 Å². The summed E-state index contributed by atoms with van der Waals surface area (Å²) in [6, 6.07) is 8.34. The Labute approximate surface area is 156 Å². The van der Waals surface area contributed by atoms with Crippen LogP contribution in [0.4, 0.5) is 0 Å². The monoisotopic (exact) mass is 354 g/mol. The van der Waals surface area contributed by atoms with E-state index in [1.165, 1.54) is 31.2 Å². The molecule has 1 aromatic rings. The fraction of sp³-hybridized carbons (Fsp3) is 0.636. The third-order valence-electron chi connectivity index (χ3n) is 7.02. The van der Waals surface area contributed by atoms with Crippen molar-refractivity contribution in [2.75, 3.05) is 6.54 Å². The van der Waals surface area contributed by atoms with Crippen molar-refractivity contribution in [2.45, 2.75) is 64.5 Å². The summed E-state index contributed by atoms with van der Waals surface area (Å²) in [6.07, 6.45) is 6.59. The summed E-state index contributed by atoms with van der Waals surface area (Å²) in [5, 5.41) is 3.27. The largest absolute Gasteiger partial charge is 0.353 e. The van der Waals surface area contributed by atoms with Crippen molar-refractivity contribution in [1.82, 2.24) is 10.2 Å². The quantitative estimate of drug-likeness (QED) is 0.900. The molecule has 0 saturated heterocycles. The molecule has 4 heteroatoms. The minimum atomic E-state index is -0.135. The zero-order chi connectivity index (χ0) is 18.3. The van der Waals surface area contributed by atoms with Crippen molar-refractivity contribution in [2.24, 2.45) is 17.8 Å². The Bertz CT molecular complexity index is 701. The van der Waals surface area contributed by atoms with E-state index in [1.54, 1.807) is 6.92 Å². The molecule has 2 aliphatic carbocycles. The summed E-state index contributed by atoms with van der Waals surface area (Å²) in [7, 11) is 0. The zero-order valence-corrected chi connectivity index (χ0v) is 15.9. The standard InChI is InChI=1S/C22H30N2O2/c1-14(20-12-16-7-8-18(20)11-16)23-22(26)13-21-19-6-4-3-5-17(19)9-10-24(21)15(2)25/h3-6,14,16,18,20-21H,7-13H2,1-2H3,(H,23,26). The number of fused-ring (bicyclic) bond motifs is 3. The van der Waals surface area contributed by atoms with Crippen LogP contribution < -0.4 is 5.32 Å². The molecule has 2 fully saturated rings. The highest BCUT2D eigenvalue weighted by atomic mass is 16.2. The maximum absolute atomic E-state index is 12.8. The third-order valence-corrected chi connectivity index (χ3v) is 7.02. The predicted molar refractivity (Wildman–Crippen MR) is 101 cm³/mol. The third kappa shape index (κ3) is 3.26. The minimum Gasteiger partial charge on any atom is -0.353 e. The van der Waals surface area contributed by atoms with Crippen LogP contribution in [0.3, 0.4) is 0 Å². The Hall–Kier alpha value is -1.84. The molecule has 26 heavy (non-hydrogen) atoms. The van der Waals surface area contributed by atoms with E-state index in [9.17, 15) is 9.59 Å². The van der Waals surface area contributed by atoms with Gasteiger partial charge in [-0.25, -0.2) is 0 Å². The van der Waals surface area contributed by atoms with Crippen LogP contribution in [-0.4, -0.2) is 29.3 Å². The maximum Gasteiger partial charge on any atom is 0.222 e. The van der Waals surface area contributed by atoms with E-state index in [4.69, 9.17) is 0 Å². The van der Waals surface area contributed by atoms with Crippen molar-refractivity contribution in [1.29, 1.82) is 0 Å². The molecular weight excluding hydrogens is 324 g/mol. The number of hydrogen-bond donors (Lipinski definition) is 1.